The summed E-state index contributed by atoms with van der Waals surface area (Å²) in [5.41, 5.74) is 4.50. The van der Waals surface area contributed by atoms with E-state index in [1.807, 2.05) is 38.2 Å². The molecule has 0 atom stereocenters. The molecule has 8 nitrogen and oxygen atoms in total. The van der Waals surface area contributed by atoms with Gasteiger partial charge in [-0.3, -0.25) is 4.79 Å². The Labute approximate surface area is 203 Å². The summed E-state index contributed by atoms with van der Waals surface area (Å²) in [5.74, 6) is 1.36. The van der Waals surface area contributed by atoms with Crippen molar-refractivity contribution in [1.29, 1.82) is 0 Å². The molecule has 34 heavy (non-hydrogen) atoms. The van der Waals surface area contributed by atoms with Gasteiger partial charge in [0.25, 0.3) is 5.56 Å². The van der Waals surface area contributed by atoms with Crippen molar-refractivity contribution >= 4 is 28.2 Å². The molecule has 0 aliphatic carbocycles. The summed E-state index contributed by atoms with van der Waals surface area (Å²) < 4.78 is 1.78. The normalized spacial score (nSPS) is 14.8. The van der Waals surface area contributed by atoms with Gasteiger partial charge in [0.15, 0.2) is 5.82 Å². The number of halogens is 1. The fourth-order valence-electron chi connectivity index (χ4n) is 4.38. The number of aromatic amines is 1. The van der Waals surface area contributed by atoms with Crippen molar-refractivity contribution in [2.45, 2.75) is 27.2 Å². The number of anilines is 1. The summed E-state index contributed by atoms with van der Waals surface area (Å²) in [7, 11) is 0. The number of piperazine rings is 1. The van der Waals surface area contributed by atoms with E-state index in [0.717, 1.165) is 61.0 Å². The topological polar surface area (TPSA) is 82.9 Å². The number of benzene rings is 1. The maximum absolute atomic E-state index is 12.9. The summed E-state index contributed by atoms with van der Waals surface area (Å²) in [6, 6.07) is 7.54. The van der Waals surface area contributed by atoms with Crippen LogP contribution in [0.25, 0.3) is 16.7 Å². The van der Waals surface area contributed by atoms with Gasteiger partial charge in [0.05, 0.1) is 16.8 Å². The summed E-state index contributed by atoms with van der Waals surface area (Å²) in [5, 5.41) is 5.55. The first-order valence-electron chi connectivity index (χ1n) is 11.6. The summed E-state index contributed by atoms with van der Waals surface area (Å²) >= 11 is 6.38. The van der Waals surface area contributed by atoms with Gasteiger partial charge in [-0.1, -0.05) is 24.6 Å². The van der Waals surface area contributed by atoms with Crippen LogP contribution < -0.4 is 10.5 Å². The molecule has 0 amide bonds. The van der Waals surface area contributed by atoms with Gasteiger partial charge in [-0.25, -0.2) is 14.6 Å². The highest BCUT2D eigenvalue weighted by atomic mass is 35.5. The van der Waals surface area contributed by atoms with Gasteiger partial charge in [-0.15, -0.1) is 0 Å². The number of likely N-dealkylation sites (N-methyl/N-ethyl adjacent to an activating group) is 1. The number of aromatic nitrogens is 5. The third-order valence-corrected chi connectivity index (χ3v) is 6.74. The van der Waals surface area contributed by atoms with E-state index < -0.39 is 0 Å². The molecule has 5 rings (SSSR count). The van der Waals surface area contributed by atoms with Gasteiger partial charge < -0.3 is 14.8 Å². The zero-order valence-corrected chi connectivity index (χ0v) is 20.4. The lowest BCUT2D eigenvalue weighted by Gasteiger charge is -2.35. The molecule has 1 fully saturated rings. The Morgan fingerprint density at radius 3 is 2.56 bits per heavy atom. The van der Waals surface area contributed by atoms with Crippen molar-refractivity contribution < 1.29 is 0 Å². The van der Waals surface area contributed by atoms with E-state index in [2.05, 4.69) is 31.8 Å². The molecular weight excluding hydrogens is 450 g/mol. The molecule has 1 N–H and O–H groups in total. The van der Waals surface area contributed by atoms with Crippen molar-refractivity contribution in [1.82, 2.24) is 29.6 Å². The minimum Gasteiger partial charge on any atom is -0.367 e. The number of pyridine rings is 1. The largest absolute Gasteiger partial charge is 0.367 e. The molecule has 176 valence electrons. The van der Waals surface area contributed by atoms with Crippen molar-refractivity contribution in [3.05, 3.63) is 74.7 Å². The zero-order chi connectivity index (χ0) is 23.8. The number of rotatable bonds is 5. The van der Waals surface area contributed by atoms with Gasteiger partial charge in [0.2, 0.25) is 0 Å². The van der Waals surface area contributed by atoms with Crippen LogP contribution in [0.5, 0.6) is 0 Å². The second-order valence-electron chi connectivity index (χ2n) is 8.80. The van der Waals surface area contributed by atoms with Crippen LogP contribution in [0.15, 0.2) is 41.5 Å². The molecule has 9 heteroatoms. The first-order chi connectivity index (χ1) is 16.4. The Bertz CT molecular complexity index is 1370. The standard InChI is InChI=1S/C25H28ClN7O/c1-4-31-7-9-32(10-8-31)21-13-19(26)12-20-24(21)28-22(29-25(20)34)11-18-5-6-23(27-14-18)33-15-16(2)17(3)30-33/h5-6,12-15H,4,7-11H2,1-3H3,(H,28,29,34). The van der Waals surface area contributed by atoms with Crippen molar-refractivity contribution in [3.63, 3.8) is 0 Å². The van der Waals surface area contributed by atoms with E-state index in [9.17, 15) is 4.79 Å². The predicted molar refractivity (Wildman–Crippen MR) is 135 cm³/mol. The third kappa shape index (κ3) is 4.43. The van der Waals surface area contributed by atoms with Gasteiger partial charge >= 0.3 is 0 Å². The Hall–Kier alpha value is -3.23. The Morgan fingerprint density at radius 2 is 1.91 bits per heavy atom. The van der Waals surface area contributed by atoms with E-state index >= 15 is 0 Å². The SMILES string of the molecule is CCN1CCN(c2cc(Cl)cc3c(=O)[nH]c(Cc4ccc(-n5cc(C)c(C)n5)nc4)nc23)CC1. The number of aryl methyl sites for hydroxylation is 2. The smallest absolute Gasteiger partial charge is 0.258 e. The molecule has 1 aliphatic rings. The van der Waals surface area contributed by atoms with Crippen LogP contribution in [0, 0.1) is 13.8 Å². The van der Waals surface area contributed by atoms with Crippen LogP contribution in [0.1, 0.15) is 29.6 Å². The molecular formula is C25H28ClN7O. The van der Waals surface area contributed by atoms with Crippen LogP contribution in [0.4, 0.5) is 5.69 Å². The first-order valence-corrected chi connectivity index (χ1v) is 12.0. The highest BCUT2D eigenvalue weighted by Gasteiger charge is 2.20. The second-order valence-corrected chi connectivity index (χ2v) is 9.23. The fraction of sp³-hybridized carbons (Fsp3) is 0.360. The fourth-order valence-corrected chi connectivity index (χ4v) is 4.59. The highest BCUT2D eigenvalue weighted by Crippen LogP contribution is 2.29. The molecule has 1 saturated heterocycles. The minimum atomic E-state index is -0.178. The average molecular weight is 478 g/mol. The lowest BCUT2D eigenvalue weighted by atomic mass is 10.1. The predicted octanol–water partition coefficient (Wildman–Crippen LogP) is 3.51. The first kappa shape index (κ1) is 22.6. The van der Waals surface area contributed by atoms with Crippen LogP contribution in [0.3, 0.4) is 0 Å². The lowest BCUT2D eigenvalue weighted by Crippen LogP contribution is -2.46. The van der Waals surface area contributed by atoms with Crippen LogP contribution in [-0.2, 0) is 6.42 Å². The molecule has 4 aromatic rings. The maximum atomic E-state index is 12.9. The van der Waals surface area contributed by atoms with Crippen LogP contribution in [-0.4, -0.2) is 62.4 Å². The minimum absolute atomic E-state index is 0.178. The number of hydrogen-bond acceptors (Lipinski definition) is 6. The molecule has 3 aromatic heterocycles. The summed E-state index contributed by atoms with van der Waals surface area (Å²) in [4.78, 5) is 30.0. The Balaban J connectivity index is 1.45. The number of fused-ring (bicyclic) bond motifs is 1. The summed E-state index contributed by atoms with van der Waals surface area (Å²) in [6.45, 7) is 10.9. The van der Waals surface area contributed by atoms with Gasteiger partial charge in [-0.2, -0.15) is 5.10 Å². The number of nitrogens with zero attached hydrogens (tertiary/aromatic N) is 6. The molecule has 4 heterocycles. The number of hydrogen-bond donors (Lipinski definition) is 1. The monoisotopic (exact) mass is 477 g/mol. The Kier molecular flexibility index (Phi) is 6.10. The van der Waals surface area contributed by atoms with E-state index in [1.165, 1.54) is 0 Å². The van der Waals surface area contributed by atoms with Crippen LogP contribution >= 0.6 is 11.6 Å². The average Bonchev–Trinajstić information content (AvgIpc) is 3.18. The van der Waals surface area contributed by atoms with Crippen molar-refractivity contribution in [3.8, 4) is 5.82 Å². The maximum Gasteiger partial charge on any atom is 0.258 e. The molecule has 0 unspecified atom stereocenters. The molecule has 0 spiro atoms. The van der Waals surface area contributed by atoms with E-state index in [4.69, 9.17) is 16.6 Å². The third-order valence-electron chi connectivity index (χ3n) is 6.52. The van der Waals surface area contributed by atoms with Gasteiger partial charge in [0, 0.05) is 50.0 Å². The van der Waals surface area contributed by atoms with E-state index in [1.54, 1.807) is 16.9 Å². The van der Waals surface area contributed by atoms with E-state index in [-0.39, 0.29) is 5.56 Å². The molecule has 1 aromatic carbocycles. The van der Waals surface area contributed by atoms with Crippen molar-refractivity contribution in [2.24, 2.45) is 0 Å². The van der Waals surface area contributed by atoms with E-state index in [0.29, 0.717) is 28.2 Å². The molecule has 0 saturated carbocycles. The molecule has 0 radical (unpaired) electrons. The summed E-state index contributed by atoms with van der Waals surface area (Å²) in [6.07, 6.45) is 4.24. The number of H-pyrrole nitrogens is 1. The quantitative estimate of drug-likeness (QED) is 0.473. The lowest BCUT2D eigenvalue weighted by molar-refractivity contribution is 0.271. The molecule has 0 bridgehead atoms. The van der Waals surface area contributed by atoms with Gasteiger partial charge in [0.1, 0.15) is 11.3 Å². The molecule has 1 aliphatic heterocycles. The Morgan fingerprint density at radius 1 is 1.12 bits per heavy atom. The van der Waals surface area contributed by atoms with Crippen molar-refractivity contribution in [2.75, 3.05) is 37.6 Å². The second kappa shape index (κ2) is 9.19. The number of nitrogens with one attached hydrogen (secondary N) is 1. The van der Waals surface area contributed by atoms with Crippen LogP contribution in [0.2, 0.25) is 5.02 Å². The van der Waals surface area contributed by atoms with Gasteiger partial charge in [-0.05, 0) is 49.7 Å². The highest BCUT2D eigenvalue weighted by molar-refractivity contribution is 6.31. The zero-order valence-electron chi connectivity index (χ0n) is 19.7.